The summed E-state index contributed by atoms with van der Waals surface area (Å²) in [5.41, 5.74) is 2.98. The van der Waals surface area contributed by atoms with Crippen LogP contribution in [0, 0.1) is 0 Å². The topological polar surface area (TPSA) is 66.4 Å². The first-order chi connectivity index (χ1) is 12.6. The van der Waals surface area contributed by atoms with Crippen molar-refractivity contribution >= 4 is 23.6 Å². The summed E-state index contributed by atoms with van der Waals surface area (Å²) in [6.07, 6.45) is 3.06. The van der Waals surface area contributed by atoms with Gasteiger partial charge in [0.25, 0.3) is 0 Å². The molecule has 0 heterocycles. The van der Waals surface area contributed by atoms with Crippen molar-refractivity contribution in [1.29, 1.82) is 0 Å². The molecule has 3 aromatic rings. The van der Waals surface area contributed by atoms with Crippen LogP contribution in [0.25, 0.3) is 17.2 Å². The maximum Gasteiger partial charge on any atom is 0.337 e. The number of amides is 1. The molecule has 0 spiro atoms. The molecule has 1 amide bonds. The van der Waals surface area contributed by atoms with E-state index < -0.39 is 5.97 Å². The van der Waals surface area contributed by atoms with Gasteiger partial charge in [0.05, 0.1) is 11.3 Å². The number of aromatic carboxylic acids is 1. The number of nitrogens with one attached hydrogen (secondary N) is 1. The Labute approximate surface area is 151 Å². The summed E-state index contributed by atoms with van der Waals surface area (Å²) in [4.78, 5) is 23.7. The zero-order chi connectivity index (χ0) is 18.4. The largest absolute Gasteiger partial charge is 0.478 e. The van der Waals surface area contributed by atoms with Gasteiger partial charge in [-0.1, -0.05) is 66.7 Å². The highest BCUT2D eigenvalue weighted by Gasteiger charge is 2.13. The Morgan fingerprint density at radius 3 is 2.12 bits per heavy atom. The maximum absolute atomic E-state index is 12.2. The summed E-state index contributed by atoms with van der Waals surface area (Å²) >= 11 is 0. The second kappa shape index (κ2) is 7.94. The Morgan fingerprint density at radius 2 is 1.46 bits per heavy atom. The standard InChI is InChI=1S/C22H17NO3/c24-21(14-11-16-7-3-1-4-8-16)23-20-15-18(12-13-19(20)22(25)26)17-9-5-2-6-10-17/h1-15H,(H,23,24)(H,25,26). The summed E-state index contributed by atoms with van der Waals surface area (Å²) in [6, 6.07) is 23.9. The molecule has 3 aromatic carbocycles. The highest BCUT2D eigenvalue weighted by molar-refractivity contribution is 6.06. The number of carbonyl (C=O) groups excluding carboxylic acids is 1. The molecule has 4 heteroatoms. The maximum atomic E-state index is 12.2. The lowest BCUT2D eigenvalue weighted by Gasteiger charge is -2.10. The first-order valence-electron chi connectivity index (χ1n) is 8.10. The molecule has 0 aromatic heterocycles. The smallest absolute Gasteiger partial charge is 0.337 e. The van der Waals surface area contributed by atoms with Crippen LogP contribution in [-0.4, -0.2) is 17.0 Å². The van der Waals surface area contributed by atoms with Gasteiger partial charge in [-0.15, -0.1) is 0 Å². The van der Waals surface area contributed by atoms with Crippen LogP contribution in [0.2, 0.25) is 0 Å². The molecule has 128 valence electrons. The van der Waals surface area contributed by atoms with Crippen LogP contribution in [0.3, 0.4) is 0 Å². The zero-order valence-electron chi connectivity index (χ0n) is 13.9. The molecule has 0 radical (unpaired) electrons. The molecule has 0 aliphatic rings. The predicted molar refractivity (Wildman–Crippen MR) is 103 cm³/mol. The highest BCUT2D eigenvalue weighted by atomic mass is 16.4. The normalized spacial score (nSPS) is 10.6. The zero-order valence-corrected chi connectivity index (χ0v) is 13.9. The molecule has 26 heavy (non-hydrogen) atoms. The summed E-state index contributed by atoms with van der Waals surface area (Å²) in [6.45, 7) is 0. The molecule has 0 atom stereocenters. The second-order valence-electron chi connectivity index (χ2n) is 5.66. The average Bonchev–Trinajstić information content (AvgIpc) is 2.67. The minimum absolute atomic E-state index is 0.0474. The van der Waals surface area contributed by atoms with Gasteiger partial charge in [0.1, 0.15) is 0 Å². The summed E-state index contributed by atoms with van der Waals surface area (Å²) in [5, 5.41) is 12.0. The van der Waals surface area contributed by atoms with Gasteiger partial charge in [-0.2, -0.15) is 0 Å². The molecular formula is C22H17NO3. The number of carbonyl (C=O) groups is 2. The van der Waals surface area contributed by atoms with Crippen molar-refractivity contribution in [2.45, 2.75) is 0 Å². The van der Waals surface area contributed by atoms with Crippen molar-refractivity contribution in [3.05, 3.63) is 96.1 Å². The Balaban J connectivity index is 1.86. The molecule has 0 saturated heterocycles. The number of hydrogen-bond donors (Lipinski definition) is 2. The van der Waals surface area contributed by atoms with Gasteiger partial charge < -0.3 is 10.4 Å². The van der Waals surface area contributed by atoms with Crippen LogP contribution in [0.5, 0.6) is 0 Å². The summed E-state index contributed by atoms with van der Waals surface area (Å²) in [7, 11) is 0. The fourth-order valence-electron chi connectivity index (χ4n) is 2.55. The highest BCUT2D eigenvalue weighted by Crippen LogP contribution is 2.26. The lowest BCUT2D eigenvalue weighted by Crippen LogP contribution is -2.12. The number of carboxylic acid groups (broad SMARTS) is 1. The Morgan fingerprint density at radius 1 is 0.808 bits per heavy atom. The molecule has 2 N–H and O–H groups in total. The van der Waals surface area contributed by atoms with Gasteiger partial charge in [-0.25, -0.2) is 4.79 Å². The molecule has 0 aliphatic heterocycles. The molecule has 0 unspecified atom stereocenters. The van der Waals surface area contributed by atoms with Crippen LogP contribution < -0.4 is 5.32 Å². The van der Waals surface area contributed by atoms with Crippen molar-refractivity contribution in [2.75, 3.05) is 5.32 Å². The van der Waals surface area contributed by atoms with E-state index in [1.807, 2.05) is 60.7 Å². The van der Waals surface area contributed by atoms with E-state index >= 15 is 0 Å². The molecule has 0 fully saturated rings. The van der Waals surface area contributed by atoms with Crippen LogP contribution in [0.15, 0.2) is 84.9 Å². The van der Waals surface area contributed by atoms with E-state index in [4.69, 9.17) is 0 Å². The Bertz CT molecular complexity index is 948. The number of carboxylic acids is 1. The number of hydrogen-bond acceptors (Lipinski definition) is 2. The predicted octanol–water partition coefficient (Wildman–Crippen LogP) is 4.70. The SMILES string of the molecule is O=C(C=Cc1ccccc1)Nc1cc(-c2ccccc2)ccc1C(=O)O. The number of anilines is 1. The summed E-state index contributed by atoms with van der Waals surface area (Å²) in [5.74, 6) is -1.48. The molecule has 0 saturated carbocycles. The van der Waals surface area contributed by atoms with Crippen LogP contribution >= 0.6 is 0 Å². The lowest BCUT2D eigenvalue weighted by molar-refractivity contribution is -0.111. The van der Waals surface area contributed by atoms with Crippen molar-refractivity contribution < 1.29 is 14.7 Å². The van der Waals surface area contributed by atoms with Gasteiger partial charge in [0.2, 0.25) is 5.91 Å². The first kappa shape index (κ1) is 17.2. The van der Waals surface area contributed by atoms with E-state index in [0.717, 1.165) is 16.7 Å². The van der Waals surface area contributed by atoms with Crippen molar-refractivity contribution in [2.24, 2.45) is 0 Å². The first-order valence-corrected chi connectivity index (χ1v) is 8.10. The van der Waals surface area contributed by atoms with E-state index in [9.17, 15) is 14.7 Å². The second-order valence-corrected chi connectivity index (χ2v) is 5.66. The van der Waals surface area contributed by atoms with Gasteiger partial charge in [0, 0.05) is 6.08 Å². The fourth-order valence-corrected chi connectivity index (χ4v) is 2.55. The van der Waals surface area contributed by atoms with Gasteiger partial charge >= 0.3 is 5.97 Å². The van der Waals surface area contributed by atoms with Gasteiger partial charge in [-0.3, -0.25) is 4.79 Å². The molecule has 3 rings (SSSR count). The van der Waals surface area contributed by atoms with Gasteiger partial charge in [0.15, 0.2) is 0 Å². The molecule has 4 nitrogen and oxygen atoms in total. The van der Waals surface area contributed by atoms with E-state index in [-0.39, 0.29) is 17.2 Å². The average molecular weight is 343 g/mol. The fraction of sp³-hybridized carbons (Fsp3) is 0. The minimum Gasteiger partial charge on any atom is -0.478 e. The van der Waals surface area contributed by atoms with Crippen molar-refractivity contribution in [1.82, 2.24) is 0 Å². The van der Waals surface area contributed by atoms with Gasteiger partial charge in [-0.05, 0) is 34.9 Å². The Hall–Kier alpha value is -3.66. The third-order valence-corrected chi connectivity index (χ3v) is 3.84. The van der Waals surface area contributed by atoms with E-state index in [1.54, 1.807) is 18.2 Å². The minimum atomic E-state index is -1.09. The van der Waals surface area contributed by atoms with Crippen LogP contribution in [0.1, 0.15) is 15.9 Å². The molecular weight excluding hydrogens is 326 g/mol. The quantitative estimate of drug-likeness (QED) is 0.660. The third-order valence-electron chi connectivity index (χ3n) is 3.84. The lowest BCUT2D eigenvalue weighted by atomic mass is 10.0. The van der Waals surface area contributed by atoms with Crippen molar-refractivity contribution in [3.63, 3.8) is 0 Å². The Kier molecular flexibility index (Phi) is 5.25. The monoisotopic (exact) mass is 343 g/mol. The van der Waals surface area contributed by atoms with Crippen LogP contribution in [-0.2, 0) is 4.79 Å². The van der Waals surface area contributed by atoms with E-state index in [0.29, 0.717) is 0 Å². The van der Waals surface area contributed by atoms with Crippen molar-refractivity contribution in [3.8, 4) is 11.1 Å². The molecule has 0 aliphatic carbocycles. The summed E-state index contributed by atoms with van der Waals surface area (Å²) < 4.78 is 0. The van der Waals surface area contributed by atoms with E-state index in [2.05, 4.69) is 5.32 Å². The third kappa shape index (κ3) is 4.24. The van der Waals surface area contributed by atoms with Crippen LogP contribution in [0.4, 0.5) is 5.69 Å². The van der Waals surface area contributed by atoms with E-state index in [1.165, 1.54) is 12.1 Å². The number of benzene rings is 3. The molecule has 0 bridgehead atoms. The number of rotatable bonds is 5.